The highest BCUT2D eigenvalue weighted by Gasteiger charge is 2.27. The molecule has 0 amide bonds. The summed E-state index contributed by atoms with van der Waals surface area (Å²) in [5.41, 5.74) is 0.158. The van der Waals surface area contributed by atoms with Gasteiger partial charge in [-0.3, -0.25) is 4.90 Å². The van der Waals surface area contributed by atoms with E-state index in [0.29, 0.717) is 0 Å². The normalized spacial score (nSPS) is 18.2. The van der Waals surface area contributed by atoms with E-state index in [1.54, 1.807) is 0 Å². The van der Waals surface area contributed by atoms with Crippen LogP contribution in [0.25, 0.3) is 0 Å². The number of furan rings is 1. The van der Waals surface area contributed by atoms with Crippen LogP contribution in [0.1, 0.15) is 25.4 Å². The van der Waals surface area contributed by atoms with Crippen LogP contribution >= 0.6 is 0 Å². The van der Waals surface area contributed by atoms with Crippen LogP contribution in [0.2, 0.25) is 0 Å². The van der Waals surface area contributed by atoms with Crippen molar-refractivity contribution >= 4 is 0 Å². The molecule has 18 heavy (non-hydrogen) atoms. The van der Waals surface area contributed by atoms with Crippen molar-refractivity contribution in [2.45, 2.75) is 32.9 Å². The SMILES string of the molecule is Cc1ccc(CNCC(C)(C)N2CCOCC2)o1. The zero-order chi connectivity index (χ0) is 13.0. The molecule has 0 aromatic carbocycles. The fourth-order valence-electron chi connectivity index (χ4n) is 2.35. The largest absolute Gasteiger partial charge is 0.465 e. The van der Waals surface area contributed by atoms with Crippen molar-refractivity contribution in [3.63, 3.8) is 0 Å². The van der Waals surface area contributed by atoms with Gasteiger partial charge in [0, 0.05) is 25.2 Å². The van der Waals surface area contributed by atoms with Gasteiger partial charge in [0.05, 0.1) is 19.8 Å². The Labute approximate surface area is 109 Å². The predicted molar refractivity (Wildman–Crippen MR) is 71.6 cm³/mol. The average molecular weight is 252 g/mol. The van der Waals surface area contributed by atoms with Gasteiger partial charge in [0.25, 0.3) is 0 Å². The molecule has 1 fully saturated rings. The third-order valence-electron chi connectivity index (χ3n) is 3.52. The molecular formula is C14H24N2O2. The van der Waals surface area contributed by atoms with Crippen molar-refractivity contribution in [2.75, 3.05) is 32.8 Å². The van der Waals surface area contributed by atoms with Crippen molar-refractivity contribution in [1.29, 1.82) is 0 Å². The summed E-state index contributed by atoms with van der Waals surface area (Å²) in [5, 5.41) is 3.48. The van der Waals surface area contributed by atoms with Crippen LogP contribution in [-0.4, -0.2) is 43.3 Å². The minimum Gasteiger partial charge on any atom is -0.465 e. The van der Waals surface area contributed by atoms with Gasteiger partial charge in [-0.2, -0.15) is 0 Å². The predicted octanol–water partition coefficient (Wildman–Crippen LogP) is 1.79. The maximum atomic E-state index is 5.55. The summed E-state index contributed by atoms with van der Waals surface area (Å²) >= 11 is 0. The fourth-order valence-corrected chi connectivity index (χ4v) is 2.35. The zero-order valence-electron chi connectivity index (χ0n) is 11.7. The Bertz CT molecular complexity index is 368. The van der Waals surface area contributed by atoms with Crippen LogP contribution in [0.15, 0.2) is 16.5 Å². The third-order valence-corrected chi connectivity index (χ3v) is 3.52. The second-order valence-electron chi connectivity index (χ2n) is 5.53. The van der Waals surface area contributed by atoms with Gasteiger partial charge in [0.15, 0.2) is 0 Å². The number of hydrogen-bond acceptors (Lipinski definition) is 4. The van der Waals surface area contributed by atoms with Crippen molar-refractivity contribution in [3.05, 3.63) is 23.7 Å². The molecule has 0 aliphatic carbocycles. The molecule has 1 aromatic rings. The first-order valence-electron chi connectivity index (χ1n) is 6.67. The molecule has 2 rings (SSSR count). The summed E-state index contributed by atoms with van der Waals surface area (Å²) in [6.45, 7) is 12.0. The molecule has 1 saturated heterocycles. The number of aryl methyl sites for hydroxylation is 1. The lowest BCUT2D eigenvalue weighted by Gasteiger charge is -2.41. The average Bonchev–Trinajstić information content (AvgIpc) is 2.76. The van der Waals surface area contributed by atoms with Crippen LogP contribution < -0.4 is 5.32 Å². The number of nitrogens with one attached hydrogen (secondary N) is 1. The Morgan fingerprint density at radius 2 is 2.00 bits per heavy atom. The van der Waals surface area contributed by atoms with Gasteiger partial charge in [0.2, 0.25) is 0 Å². The number of nitrogens with zero attached hydrogens (tertiary/aromatic N) is 1. The first-order valence-corrected chi connectivity index (χ1v) is 6.67. The van der Waals surface area contributed by atoms with Crippen LogP contribution in [0, 0.1) is 6.92 Å². The monoisotopic (exact) mass is 252 g/mol. The minimum atomic E-state index is 0.158. The Balaban J connectivity index is 1.77. The van der Waals surface area contributed by atoms with Gasteiger partial charge in [-0.15, -0.1) is 0 Å². The third kappa shape index (κ3) is 3.57. The number of ether oxygens (including phenoxy) is 1. The van der Waals surface area contributed by atoms with Gasteiger partial charge < -0.3 is 14.5 Å². The highest BCUT2D eigenvalue weighted by Crippen LogP contribution is 2.15. The highest BCUT2D eigenvalue weighted by atomic mass is 16.5. The molecule has 4 heteroatoms. The highest BCUT2D eigenvalue weighted by molar-refractivity contribution is 5.05. The lowest BCUT2D eigenvalue weighted by molar-refractivity contribution is -0.00977. The van der Waals surface area contributed by atoms with Crippen molar-refractivity contribution in [2.24, 2.45) is 0 Å². The molecule has 1 aliphatic heterocycles. The molecule has 0 saturated carbocycles. The molecule has 2 heterocycles. The van der Waals surface area contributed by atoms with Gasteiger partial charge in [-0.25, -0.2) is 0 Å². The molecule has 0 unspecified atom stereocenters. The lowest BCUT2D eigenvalue weighted by Crippen LogP contribution is -2.54. The zero-order valence-corrected chi connectivity index (χ0v) is 11.7. The van der Waals surface area contributed by atoms with Gasteiger partial charge >= 0.3 is 0 Å². The van der Waals surface area contributed by atoms with E-state index >= 15 is 0 Å². The van der Waals surface area contributed by atoms with Crippen molar-refractivity contribution in [1.82, 2.24) is 10.2 Å². The van der Waals surface area contributed by atoms with E-state index in [2.05, 4.69) is 24.1 Å². The first kappa shape index (κ1) is 13.6. The second kappa shape index (κ2) is 5.87. The Kier molecular flexibility index (Phi) is 4.43. The van der Waals surface area contributed by atoms with E-state index in [4.69, 9.17) is 9.15 Å². The lowest BCUT2D eigenvalue weighted by atomic mass is 10.0. The molecule has 1 aliphatic rings. The van der Waals surface area contributed by atoms with Crippen LogP contribution in [0.3, 0.4) is 0 Å². The van der Waals surface area contributed by atoms with Gasteiger partial charge in [-0.1, -0.05) is 0 Å². The smallest absolute Gasteiger partial charge is 0.117 e. The number of morpholine rings is 1. The van der Waals surface area contributed by atoms with E-state index in [1.807, 2.05) is 19.1 Å². The summed E-state index contributed by atoms with van der Waals surface area (Å²) in [6.07, 6.45) is 0. The van der Waals surface area contributed by atoms with Crippen LogP contribution in [0.5, 0.6) is 0 Å². The molecule has 0 bridgehead atoms. The van der Waals surface area contributed by atoms with Crippen LogP contribution in [-0.2, 0) is 11.3 Å². The second-order valence-corrected chi connectivity index (χ2v) is 5.53. The molecule has 0 atom stereocenters. The topological polar surface area (TPSA) is 37.6 Å². The Morgan fingerprint density at radius 3 is 2.61 bits per heavy atom. The summed E-state index contributed by atoms with van der Waals surface area (Å²) in [6, 6.07) is 4.04. The molecule has 1 N–H and O–H groups in total. The fraction of sp³-hybridized carbons (Fsp3) is 0.714. The summed E-state index contributed by atoms with van der Waals surface area (Å²) < 4.78 is 10.9. The van der Waals surface area contributed by atoms with E-state index in [1.165, 1.54) is 0 Å². The molecule has 1 aromatic heterocycles. The number of rotatable bonds is 5. The molecule has 4 nitrogen and oxygen atoms in total. The first-order chi connectivity index (χ1) is 8.58. The van der Waals surface area contributed by atoms with E-state index in [9.17, 15) is 0 Å². The molecule has 0 radical (unpaired) electrons. The summed E-state index contributed by atoms with van der Waals surface area (Å²) in [4.78, 5) is 2.48. The molecule has 0 spiro atoms. The van der Waals surface area contributed by atoms with E-state index in [-0.39, 0.29) is 5.54 Å². The summed E-state index contributed by atoms with van der Waals surface area (Å²) in [7, 11) is 0. The van der Waals surface area contributed by atoms with Gasteiger partial charge in [-0.05, 0) is 32.9 Å². The molecular weight excluding hydrogens is 228 g/mol. The van der Waals surface area contributed by atoms with E-state index in [0.717, 1.165) is 50.9 Å². The van der Waals surface area contributed by atoms with Crippen molar-refractivity contribution < 1.29 is 9.15 Å². The van der Waals surface area contributed by atoms with Gasteiger partial charge in [0.1, 0.15) is 11.5 Å². The van der Waals surface area contributed by atoms with Crippen molar-refractivity contribution in [3.8, 4) is 0 Å². The Morgan fingerprint density at radius 1 is 1.28 bits per heavy atom. The van der Waals surface area contributed by atoms with E-state index < -0.39 is 0 Å². The quantitative estimate of drug-likeness (QED) is 0.867. The maximum Gasteiger partial charge on any atom is 0.117 e. The Hall–Kier alpha value is -0.840. The standard InChI is InChI=1S/C14H24N2O2/c1-12-4-5-13(18-12)10-15-11-14(2,3)16-6-8-17-9-7-16/h4-5,15H,6-11H2,1-3H3. The summed E-state index contributed by atoms with van der Waals surface area (Å²) in [5.74, 6) is 1.98. The maximum absolute atomic E-state index is 5.55. The minimum absolute atomic E-state index is 0.158. The number of hydrogen-bond donors (Lipinski definition) is 1. The van der Waals surface area contributed by atoms with Crippen LogP contribution in [0.4, 0.5) is 0 Å². The molecule has 102 valence electrons.